The second kappa shape index (κ2) is 11.3. The van der Waals surface area contributed by atoms with E-state index in [1.807, 2.05) is 24.3 Å². The lowest BCUT2D eigenvalue weighted by molar-refractivity contribution is 0.0926. The molecule has 0 aliphatic carbocycles. The molecule has 3 N–H and O–H groups in total. The van der Waals surface area contributed by atoms with E-state index in [2.05, 4.69) is 20.9 Å². The van der Waals surface area contributed by atoms with Gasteiger partial charge in [-0.3, -0.25) is 9.79 Å². The van der Waals surface area contributed by atoms with E-state index < -0.39 is 0 Å². The van der Waals surface area contributed by atoms with Gasteiger partial charge in [0.15, 0.2) is 11.7 Å². The second-order valence-corrected chi connectivity index (χ2v) is 4.90. The number of guanidine groups is 1. The maximum atomic E-state index is 11.7. The van der Waals surface area contributed by atoms with E-state index in [-0.39, 0.29) is 29.9 Å². The van der Waals surface area contributed by atoms with Crippen molar-refractivity contribution in [3.8, 4) is 5.75 Å². The highest BCUT2D eigenvalue weighted by molar-refractivity contribution is 14.0. The van der Waals surface area contributed by atoms with Gasteiger partial charge >= 0.3 is 0 Å². The number of halogens is 1. The minimum absolute atomic E-state index is 0. The molecule has 0 spiro atoms. The zero-order chi connectivity index (χ0) is 17.2. The fraction of sp³-hybridized carbons (Fsp3) is 0.294. The van der Waals surface area contributed by atoms with Crippen molar-refractivity contribution in [2.75, 3.05) is 27.2 Å². The number of amides is 1. The van der Waals surface area contributed by atoms with Crippen LogP contribution in [0.1, 0.15) is 16.1 Å². The van der Waals surface area contributed by atoms with Gasteiger partial charge in [-0.1, -0.05) is 18.2 Å². The van der Waals surface area contributed by atoms with E-state index in [4.69, 9.17) is 9.15 Å². The topological polar surface area (TPSA) is 87.9 Å². The van der Waals surface area contributed by atoms with E-state index in [0.717, 1.165) is 11.3 Å². The minimum atomic E-state index is -0.237. The van der Waals surface area contributed by atoms with Crippen molar-refractivity contribution in [1.82, 2.24) is 16.0 Å². The molecule has 0 atom stereocenters. The highest BCUT2D eigenvalue weighted by Crippen LogP contribution is 2.16. The van der Waals surface area contributed by atoms with Gasteiger partial charge in [0.05, 0.1) is 13.4 Å². The smallest absolute Gasteiger partial charge is 0.287 e. The molecule has 0 saturated carbocycles. The lowest BCUT2D eigenvalue weighted by Gasteiger charge is -2.13. The fourth-order valence-electron chi connectivity index (χ4n) is 2.10. The SMILES string of the molecule is CN=C(NCCNC(=O)c1ccco1)NCc1ccccc1OC.I. The van der Waals surface area contributed by atoms with Gasteiger partial charge in [-0.15, -0.1) is 24.0 Å². The number of carbonyl (C=O) groups is 1. The van der Waals surface area contributed by atoms with E-state index in [9.17, 15) is 4.79 Å². The van der Waals surface area contributed by atoms with Crippen LogP contribution in [0.3, 0.4) is 0 Å². The second-order valence-electron chi connectivity index (χ2n) is 4.90. The molecule has 0 aliphatic heterocycles. The van der Waals surface area contributed by atoms with E-state index in [1.54, 1.807) is 26.3 Å². The first-order chi connectivity index (χ1) is 11.7. The molecular formula is C17H23IN4O3. The molecule has 1 aromatic carbocycles. The van der Waals surface area contributed by atoms with Crippen molar-refractivity contribution in [3.05, 3.63) is 54.0 Å². The van der Waals surface area contributed by atoms with Crippen LogP contribution in [0.4, 0.5) is 0 Å². The molecule has 1 heterocycles. The van der Waals surface area contributed by atoms with Crippen molar-refractivity contribution >= 4 is 35.8 Å². The molecule has 0 fully saturated rings. The summed E-state index contributed by atoms with van der Waals surface area (Å²) in [7, 11) is 3.34. The molecule has 8 heteroatoms. The van der Waals surface area contributed by atoms with E-state index in [0.29, 0.717) is 31.4 Å². The van der Waals surface area contributed by atoms with Gasteiger partial charge in [-0.2, -0.15) is 0 Å². The minimum Gasteiger partial charge on any atom is -0.496 e. The van der Waals surface area contributed by atoms with Crippen LogP contribution in [0.2, 0.25) is 0 Å². The summed E-state index contributed by atoms with van der Waals surface area (Å²) >= 11 is 0. The highest BCUT2D eigenvalue weighted by Gasteiger charge is 2.07. The molecule has 2 aromatic rings. The molecule has 1 aromatic heterocycles. The predicted octanol–water partition coefficient (Wildman–Crippen LogP) is 2.00. The Kier molecular flexibility index (Phi) is 9.45. The van der Waals surface area contributed by atoms with Crippen molar-refractivity contribution in [1.29, 1.82) is 0 Å². The third kappa shape index (κ3) is 6.65. The summed E-state index contributed by atoms with van der Waals surface area (Å²) in [4.78, 5) is 15.9. The van der Waals surface area contributed by atoms with E-state index >= 15 is 0 Å². The summed E-state index contributed by atoms with van der Waals surface area (Å²) < 4.78 is 10.3. The van der Waals surface area contributed by atoms with Crippen molar-refractivity contribution in [3.63, 3.8) is 0 Å². The number of para-hydroxylation sites is 1. The zero-order valence-corrected chi connectivity index (χ0v) is 16.6. The van der Waals surface area contributed by atoms with Crippen molar-refractivity contribution < 1.29 is 13.9 Å². The molecular weight excluding hydrogens is 435 g/mol. The molecule has 0 aliphatic rings. The van der Waals surface area contributed by atoms with Gasteiger partial charge in [0.1, 0.15) is 5.75 Å². The van der Waals surface area contributed by atoms with Crippen LogP contribution in [-0.4, -0.2) is 39.1 Å². The van der Waals surface area contributed by atoms with Gasteiger partial charge in [-0.05, 0) is 18.2 Å². The summed E-state index contributed by atoms with van der Waals surface area (Å²) in [6, 6.07) is 11.1. The molecule has 25 heavy (non-hydrogen) atoms. The Morgan fingerprint density at radius 1 is 1.12 bits per heavy atom. The zero-order valence-electron chi connectivity index (χ0n) is 14.2. The quantitative estimate of drug-likeness (QED) is 0.256. The average Bonchev–Trinajstić information content (AvgIpc) is 3.16. The molecule has 0 bridgehead atoms. The number of ether oxygens (including phenoxy) is 1. The summed E-state index contributed by atoms with van der Waals surface area (Å²) in [6.07, 6.45) is 1.47. The largest absolute Gasteiger partial charge is 0.496 e. The highest BCUT2D eigenvalue weighted by atomic mass is 127. The number of nitrogens with zero attached hydrogens (tertiary/aromatic N) is 1. The van der Waals surface area contributed by atoms with Gasteiger partial charge in [0, 0.05) is 32.2 Å². The third-order valence-corrected chi connectivity index (χ3v) is 3.31. The van der Waals surface area contributed by atoms with Gasteiger partial charge in [-0.25, -0.2) is 0 Å². The monoisotopic (exact) mass is 458 g/mol. The fourth-order valence-corrected chi connectivity index (χ4v) is 2.10. The number of methoxy groups -OCH3 is 1. The molecule has 0 unspecified atom stereocenters. The summed E-state index contributed by atoms with van der Waals surface area (Å²) in [5.74, 6) is 1.53. The van der Waals surface area contributed by atoms with Crippen molar-refractivity contribution in [2.24, 2.45) is 4.99 Å². The van der Waals surface area contributed by atoms with Gasteiger partial charge in [0.2, 0.25) is 0 Å². The molecule has 0 radical (unpaired) electrons. The average molecular weight is 458 g/mol. The number of furan rings is 1. The Morgan fingerprint density at radius 3 is 2.56 bits per heavy atom. The number of nitrogens with one attached hydrogen (secondary N) is 3. The first-order valence-electron chi connectivity index (χ1n) is 7.62. The molecule has 0 saturated heterocycles. The van der Waals surface area contributed by atoms with Crippen LogP contribution in [-0.2, 0) is 6.54 Å². The van der Waals surface area contributed by atoms with Crippen LogP contribution < -0.4 is 20.7 Å². The molecule has 2 rings (SSSR count). The first-order valence-corrected chi connectivity index (χ1v) is 7.62. The Balaban J connectivity index is 0.00000312. The maximum Gasteiger partial charge on any atom is 0.287 e. The number of aliphatic imine (C=N–C) groups is 1. The lowest BCUT2D eigenvalue weighted by Crippen LogP contribution is -2.41. The number of benzene rings is 1. The van der Waals surface area contributed by atoms with Crippen molar-refractivity contribution in [2.45, 2.75) is 6.54 Å². The Bertz CT molecular complexity index is 674. The summed E-state index contributed by atoms with van der Waals surface area (Å²) in [5, 5.41) is 9.09. The van der Waals surface area contributed by atoms with Crippen LogP contribution in [0, 0.1) is 0 Å². The molecule has 7 nitrogen and oxygen atoms in total. The number of hydrogen-bond donors (Lipinski definition) is 3. The Hall–Kier alpha value is -2.23. The maximum absolute atomic E-state index is 11.7. The molecule has 1 amide bonds. The third-order valence-electron chi connectivity index (χ3n) is 3.31. The lowest BCUT2D eigenvalue weighted by atomic mass is 10.2. The van der Waals surface area contributed by atoms with Crippen LogP contribution in [0.25, 0.3) is 0 Å². The first kappa shape index (κ1) is 20.8. The number of rotatable bonds is 7. The summed E-state index contributed by atoms with van der Waals surface area (Å²) in [6.45, 7) is 1.58. The molecule has 136 valence electrons. The predicted molar refractivity (Wildman–Crippen MR) is 108 cm³/mol. The van der Waals surface area contributed by atoms with Crippen LogP contribution in [0.5, 0.6) is 5.75 Å². The van der Waals surface area contributed by atoms with Crippen LogP contribution >= 0.6 is 24.0 Å². The number of carbonyl (C=O) groups excluding carboxylic acids is 1. The Labute approximate surface area is 164 Å². The normalized spacial score (nSPS) is 10.6. The summed E-state index contributed by atoms with van der Waals surface area (Å²) in [5.41, 5.74) is 1.04. The van der Waals surface area contributed by atoms with E-state index in [1.165, 1.54) is 6.26 Å². The van der Waals surface area contributed by atoms with Gasteiger partial charge < -0.3 is 25.1 Å². The number of hydrogen-bond acceptors (Lipinski definition) is 4. The standard InChI is InChI=1S/C17H22N4O3.HI/c1-18-17(21-12-13-6-3-4-7-14(13)23-2)20-10-9-19-16(22)15-8-5-11-24-15;/h3-8,11H,9-10,12H2,1-2H3,(H,19,22)(H2,18,20,21);1H. The van der Waals surface area contributed by atoms with Crippen LogP contribution in [0.15, 0.2) is 52.1 Å². The van der Waals surface area contributed by atoms with Gasteiger partial charge in [0.25, 0.3) is 5.91 Å². The Morgan fingerprint density at radius 2 is 1.88 bits per heavy atom.